The standard InChI is InChI=1S/C23H24N4O5S/c1-17-7-8-19(33(30,31)26-11-13-32-14-12-26)15-21(17)24-23(29)20-9-10-22(28)27(25-20)16-18-5-3-2-4-6-18/h2-10,15H,11-14,16H2,1H3,(H,24,29). The fourth-order valence-electron chi connectivity index (χ4n) is 3.46. The third-order valence-corrected chi connectivity index (χ3v) is 7.23. The number of sulfonamides is 1. The van der Waals surface area contributed by atoms with E-state index in [4.69, 9.17) is 4.74 Å². The van der Waals surface area contributed by atoms with Crippen molar-refractivity contribution in [1.29, 1.82) is 0 Å². The lowest BCUT2D eigenvalue weighted by Crippen LogP contribution is -2.40. The van der Waals surface area contributed by atoms with E-state index in [1.165, 1.54) is 33.3 Å². The number of amides is 1. The third kappa shape index (κ3) is 5.19. The number of ether oxygens (including phenoxy) is 1. The van der Waals surface area contributed by atoms with Gasteiger partial charge in [-0.2, -0.15) is 9.40 Å². The van der Waals surface area contributed by atoms with Gasteiger partial charge in [0.05, 0.1) is 24.7 Å². The third-order valence-electron chi connectivity index (χ3n) is 5.34. The zero-order valence-electron chi connectivity index (χ0n) is 18.1. The number of morpholine rings is 1. The molecule has 0 radical (unpaired) electrons. The van der Waals surface area contributed by atoms with Crippen LogP contribution in [0.15, 0.2) is 70.4 Å². The number of aromatic nitrogens is 2. The van der Waals surface area contributed by atoms with Crippen molar-refractivity contribution >= 4 is 21.6 Å². The van der Waals surface area contributed by atoms with Crippen LogP contribution >= 0.6 is 0 Å². The predicted octanol–water partition coefficient (Wildman–Crippen LogP) is 1.87. The summed E-state index contributed by atoms with van der Waals surface area (Å²) < 4.78 is 33.8. The van der Waals surface area contributed by atoms with E-state index in [1.807, 2.05) is 30.3 Å². The van der Waals surface area contributed by atoms with Crippen LogP contribution in [0.25, 0.3) is 0 Å². The largest absolute Gasteiger partial charge is 0.379 e. The number of hydrogen-bond donors (Lipinski definition) is 1. The summed E-state index contributed by atoms with van der Waals surface area (Å²) in [6.45, 7) is 3.26. The fourth-order valence-corrected chi connectivity index (χ4v) is 4.89. The van der Waals surface area contributed by atoms with Crippen LogP contribution in [0.5, 0.6) is 0 Å². The fraction of sp³-hybridized carbons (Fsp3) is 0.261. The van der Waals surface area contributed by atoms with Gasteiger partial charge < -0.3 is 10.1 Å². The first-order chi connectivity index (χ1) is 15.8. The van der Waals surface area contributed by atoms with Crippen molar-refractivity contribution < 1.29 is 17.9 Å². The molecule has 0 aliphatic carbocycles. The van der Waals surface area contributed by atoms with E-state index >= 15 is 0 Å². The molecule has 0 bridgehead atoms. The van der Waals surface area contributed by atoms with Gasteiger partial charge in [0.25, 0.3) is 11.5 Å². The Morgan fingerprint density at radius 3 is 2.52 bits per heavy atom. The molecule has 1 N–H and O–H groups in total. The van der Waals surface area contributed by atoms with Crippen LogP contribution in [-0.2, 0) is 21.3 Å². The van der Waals surface area contributed by atoms with Gasteiger partial charge in [-0.1, -0.05) is 36.4 Å². The Kier molecular flexibility index (Phi) is 6.68. The number of hydrogen-bond acceptors (Lipinski definition) is 6. The molecule has 1 amide bonds. The number of carbonyl (C=O) groups excluding carboxylic acids is 1. The Hall–Kier alpha value is -3.34. The number of nitrogens with zero attached hydrogens (tertiary/aromatic N) is 3. The summed E-state index contributed by atoms with van der Waals surface area (Å²) in [6, 6.07) is 16.6. The zero-order valence-corrected chi connectivity index (χ0v) is 18.9. The van der Waals surface area contributed by atoms with Crippen molar-refractivity contribution in [2.24, 2.45) is 0 Å². The summed E-state index contributed by atoms with van der Waals surface area (Å²) in [5.41, 5.74) is 1.65. The molecule has 1 saturated heterocycles. The van der Waals surface area contributed by atoms with Crippen molar-refractivity contribution in [3.05, 3.63) is 87.8 Å². The topological polar surface area (TPSA) is 111 Å². The van der Waals surface area contributed by atoms with E-state index in [0.29, 0.717) is 24.5 Å². The maximum atomic E-state index is 13.0. The molecule has 1 aliphatic rings. The minimum absolute atomic E-state index is 0.0476. The molecule has 9 nitrogen and oxygen atoms in total. The van der Waals surface area contributed by atoms with Gasteiger partial charge in [-0.25, -0.2) is 13.1 Å². The minimum Gasteiger partial charge on any atom is -0.379 e. The Morgan fingerprint density at radius 1 is 1.06 bits per heavy atom. The van der Waals surface area contributed by atoms with Crippen molar-refractivity contribution in [1.82, 2.24) is 14.1 Å². The van der Waals surface area contributed by atoms with E-state index in [-0.39, 0.29) is 35.8 Å². The molecule has 0 unspecified atom stereocenters. The van der Waals surface area contributed by atoms with Gasteiger partial charge in [-0.05, 0) is 36.2 Å². The van der Waals surface area contributed by atoms with Crippen molar-refractivity contribution in [2.75, 3.05) is 31.6 Å². The highest BCUT2D eigenvalue weighted by molar-refractivity contribution is 7.89. The maximum Gasteiger partial charge on any atom is 0.276 e. The predicted molar refractivity (Wildman–Crippen MR) is 123 cm³/mol. The average molecular weight is 469 g/mol. The molecule has 2 aromatic carbocycles. The molecule has 3 aromatic rings. The Labute approximate surface area is 191 Å². The quantitative estimate of drug-likeness (QED) is 0.591. The van der Waals surface area contributed by atoms with Gasteiger partial charge in [0.15, 0.2) is 0 Å². The van der Waals surface area contributed by atoms with Gasteiger partial charge >= 0.3 is 0 Å². The Bertz CT molecular complexity index is 1320. The van der Waals surface area contributed by atoms with E-state index in [2.05, 4.69) is 10.4 Å². The highest BCUT2D eigenvalue weighted by Gasteiger charge is 2.27. The molecular weight excluding hydrogens is 444 g/mol. The van der Waals surface area contributed by atoms with E-state index in [9.17, 15) is 18.0 Å². The zero-order chi connectivity index (χ0) is 23.4. The molecular formula is C23H24N4O5S. The number of carbonyl (C=O) groups is 1. The van der Waals surface area contributed by atoms with Crippen molar-refractivity contribution in [2.45, 2.75) is 18.4 Å². The van der Waals surface area contributed by atoms with Gasteiger partial charge in [0, 0.05) is 24.8 Å². The SMILES string of the molecule is Cc1ccc(S(=O)(=O)N2CCOCC2)cc1NC(=O)c1ccc(=O)n(Cc2ccccc2)n1. The second-order valence-corrected chi connectivity index (χ2v) is 9.59. The van der Waals surface area contributed by atoms with E-state index < -0.39 is 15.9 Å². The first-order valence-electron chi connectivity index (χ1n) is 10.5. The lowest BCUT2D eigenvalue weighted by atomic mass is 10.2. The van der Waals surface area contributed by atoms with Crippen LogP contribution < -0.4 is 10.9 Å². The second kappa shape index (κ2) is 9.65. The molecule has 1 aromatic heterocycles. The molecule has 172 valence electrons. The summed E-state index contributed by atoms with van der Waals surface area (Å²) in [6.07, 6.45) is 0. The summed E-state index contributed by atoms with van der Waals surface area (Å²) in [5.74, 6) is -0.541. The van der Waals surface area contributed by atoms with Gasteiger partial charge in [-0.3, -0.25) is 9.59 Å². The smallest absolute Gasteiger partial charge is 0.276 e. The van der Waals surface area contributed by atoms with E-state index in [1.54, 1.807) is 13.0 Å². The van der Waals surface area contributed by atoms with Crippen LogP contribution in [-0.4, -0.2) is 54.7 Å². The number of benzene rings is 2. The second-order valence-electron chi connectivity index (χ2n) is 7.65. The molecule has 0 spiro atoms. The van der Waals surface area contributed by atoms with Crippen LogP contribution in [0.4, 0.5) is 5.69 Å². The maximum absolute atomic E-state index is 13.0. The van der Waals surface area contributed by atoms with Crippen molar-refractivity contribution in [3.8, 4) is 0 Å². The normalized spacial score (nSPS) is 14.7. The Balaban J connectivity index is 1.57. The van der Waals surface area contributed by atoms with Gasteiger partial charge in [-0.15, -0.1) is 0 Å². The number of aryl methyl sites for hydroxylation is 1. The summed E-state index contributed by atoms with van der Waals surface area (Å²) in [4.78, 5) is 25.2. The van der Waals surface area contributed by atoms with Crippen LogP contribution in [0.2, 0.25) is 0 Å². The van der Waals surface area contributed by atoms with E-state index in [0.717, 1.165) is 5.56 Å². The monoisotopic (exact) mass is 468 g/mol. The molecule has 0 atom stereocenters. The first-order valence-corrected chi connectivity index (χ1v) is 11.9. The molecule has 1 fully saturated rings. The molecule has 1 aliphatic heterocycles. The van der Waals surface area contributed by atoms with Crippen molar-refractivity contribution in [3.63, 3.8) is 0 Å². The number of rotatable bonds is 6. The highest BCUT2D eigenvalue weighted by atomic mass is 32.2. The Morgan fingerprint density at radius 2 is 1.79 bits per heavy atom. The molecule has 2 heterocycles. The minimum atomic E-state index is -3.71. The lowest BCUT2D eigenvalue weighted by Gasteiger charge is -2.26. The lowest BCUT2D eigenvalue weighted by molar-refractivity contribution is 0.0730. The van der Waals surface area contributed by atoms with Crippen LogP contribution in [0, 0.1) is 6.92 Å². The summed E-state index contributed by atoms with van der Waals surface area (Å²) in [5, 5.41) is 6.92. The van der Waals surface area contributed by atoms with Crippen LogP contribution in [0.1, 0.15) is 21.6 Å². The number of nitrogens with one attached hydrogen (secondary N) is 1. The number of anilines is 1. The highest BCUT2D eigenvalue weighted by Crippen LogP contribution is 2.24. The van der Waals surface area contributed by atoms with Crippen LogP contribution in [0.3, 0.4) is 0 Å². The average Bonchev–Trinajstić information content (AvgIpc) is 2.83. The molecule has 4 rings (SSSR count). The van der Waals surface area contributed by atoms with Gasteiger partial charge in [0.2, 0.25) is 10.0 Å². The summed E-state index contributed by atoms with van der Waals surface area (Å²) >= 11 is 0. The molecule has 10 heteroatoms. The molecule has 33 heavy (non-hydrogen) atoms. The molecule has 0 saturated carbocycles. The first kappa shape index (κ1) is 22.8. The summed E-state index contributed by atoms with van der Waals surface area (Å²) in [7, 11) is -3.71. The van der Waals surface area contributed by atoms with Gasteiger partial charge in [0.1, 0.15) is 5.69 Å².